The molecule has 3 heteroatoms. The van der Waals surface area contributed by atoms with Crippen LogP contribution in [0.5, 0.6) is 5.75 Å². The Morgan fingerprint density at radius 1 is 1.15 bits per heavy atom. The lowest BCUT2D eigenvalue weighted by Crippen LogP contribution is -1.90. The van der Waals surface area contributed by atoms with Crippen molar-refractivity contribution in [3.63, 3.8) is 0 Å². The third-order valence-electron chi connectivity index (χ3n) is 3.56. The smallest absolute Gasteiger partial charge is 0.142 e. The first-order valence-corrected chi connectivity index (χ1v) is 6.85. The van der Waals surface area contributed by atoms with E-state index in [9.17, 15) is 0 Å². The minimum atomic E-state index is 0.838. The molecular formula is C17H18N2O. The summed E-state index contributed by atoms with van der Waals surface area (Å²) in [4.78, 5) is 8.07. The molecular weight excluding hydrogens is 248 g/mol. The minimum Gasteiger partial charge on any atom is -0.496 e. The maximum absolute atomic E-state index is 5.44. The van der Waals surface area contributed by atoms with Crippen LogP contribution in [0.3, 0.4) is 0 Å². The number of hydrogen-bond acceptors (Lipinski definition) is 2. The van der Waals surface area contributed by atoms with Crippen molar-refractivity contribution in [2.75, 3.05) is 7.11 Å². The first-order valence-electron chi connectivity index (χ1n) is 6.85. The zero-order chi connectivity index (χ0) is 14.1. The number of nitrogens with zero attached hydrogens (tertiary/aromatic N) is 1. The molecule has 1 heterocycles. The molecule has 102 valence electrons. The van der Waals surface area contributed by atoms with E-state index >= 15 is 0 Å². The Morgan fingerprint density at radius 3 is 2.75 bits per heavy atom. The number of rotatable bonds is 3. The first-order chi connectivity index (χ1) is 9.71. The van der Waals surface area contributed by atoms with Crippen molar-refractivity contribution < 1.29 is 4.74 Å². The number of methoxy groups -OCH3 is 1. The summed E-state index contributed by atoms with van der Waals surface area (Å²) < 4.78 is 5.44. The van der Waals surface area contributed by atoms with Crippen molar-refractivity contribution in [1.82, 2.24) is 9.97 Å². The van der Waals surface area contributed by atoms with E-state index in [-0.39, 0.29) is 0 Å². The molecule has 0 saturated heterocycles. The van der Waals surface area contributed by atoms with Crippen molar-refractivity contribution in [3.8, 4) is 17.1 Å². The summed E-state index contributed by atoms with van der Waals surface area (Å²) in [6.45, 7) is 4.23. The molecule has 0 unspecified atom stereocenters. The molecule has 0 saturated carbocycles. The van der Waals surface area contributed by atoms with Crippen LogP contribution in [0.4, 0.5) is 0 Å². The van der Waals surface area contributed by atoms with Gasteiger partial charge >= 0.3 is 0 Å². The molecule has 0 aliphatic carbocycles. The molecule has 0 bridgehead atoms. The van der Waals surface area contributed by atoms with Crippen LogP contribution in [-0.4, -0.2) is 17.1 Å². The van der Waals surface area contributed by atoms with Crippen LogP contribution >= 0.6 is 0 Å². The monoisotopic (exact) mass is 266 g/mol. The molecule has 0 fully saturated rings. The number of benzene rings is 2. The molecule has 3 nitrogen and oxygen atoms in total. The van der Waals surface area contributed by atoms with Gasteiger partial charge in [-0.15, -0.1) is 0 Å². The number of fused-ring (bicyclic) bond motifs is 1. The fourth-order valence-corrected chi connectivity index (χ4v) is 2.41. The summed E-state index contributed by atoms with van der Waals surface area (Å²) in [6, 6.07) is 12.5. The van der Waals surface area contributed by atoms with E-state index in [4.69, 9.17) is 4.74 Å². The lowest BCUT2D eigenvalue weighted by molar-refractivity contribution is 0.416. The molecule has 3 aromatic rings. The first kappa shape index (κ1) is 12.7. The van der Waals surface area contributed by atoms with Crippen LogP contribution in [0.1, 0.15) is 18.1 Å². The average Bonchev–Trinajstić information content (AvgIpc) is 2.89. The molecule has 0 radical (unpaired) electrons. The number of aromatic nitrogens is 2. The number of nitrogens with one attached hydrogen (secondary N) is 1. The fraction of sp³-hybridized carbons (Fsp3) is 0.235. The van der Waals surface area contributed by atoms with Gasteiger partial charge in [-0.25, -0.2) is 4.98 Å². The van der Waals surface area contributed by atoms with Gasteiger partial charge in [-0.1, -0.05) is 24.6 Å². The topological polar surface area (TPSA) is 37.9 Å². The maximum Gasteiger partial charge on any atom is 0.142 e. The minimum absolute atomic E-state index is 0.838. The van der Waals surface area contributed by atoms with E-state index < -0.39 is 0 Å². The summed E-state index contributed by atoms with van der Waals surface area (Å²) in [7, 11) is 1.69. The second-order valence-corrected chi connectivity index (χ2v) is 4.99. The average molecular weight is 266 g/mol. The van der Waals surface area contributed by atoms with Crippen molar-refractivity contribution in [3.05, 3.63) is 47.5 Å². The molecule has 1 N–H and O–H groups in total. The molecule has 20 heavy (non-hydrogen) atoms. The van der Waals surface area contributed by atoms with Crippen molar-refractivity contribution in [2.45, 2.75) is 20.3 Å². The van der Waals surface area contributed by atoms with Crippen LogP contribution in [0.2, 0.25) is 0 Å². The van der Waals surface area contributed by atoms with Gasteiger partial charge in [0.2, 0.25) is 0 Å². The third kappa shape index (κ3) is 2.16. The van der Waals surface area contributed by atoms with Crippen LogP contribution in [-0.2, 0) is 6.42 Å². The highest BCUT2D eigenvalue weighted by molar-refractivity contribution is 5.81. The number of aryl methyl sites for hydroxylation is 2. The second-order valence-electron chi connectivity index (χ2n) is 4.99. The molecule has 0 aliphatic rings. The molecule has 0 amide bonds. The maximum atomic E-state index is 5.44. The highest BCUT2D eigenvalue weighted by Crippen LogP contribution is 2.30. The SMILES string of the molecule is CCc1ccc2nc(-c3cc(C)ccc3OC)[nH]c2c1. The van der Waals surface area contributed by atoms with Crippen LogP contribution in [0, 0.1) is 6.92 Å². The van der Waals surface area contributed by atoms with Crippen molar-refractivity contribution in [2.24, 2.45) is 0 Å². The van der Waals surface area contributed by atoms with E-state index in [1.54, 1.807) is 7.11 Å². The summed E-state index contributed by atoms with van der Waals surface area (Å²) in [6.07, 6.45) is 1.03. The largest absolute Gasteiger partial charge is 0.496 e. The summed E-state index contributed by atoms with van der Waals surface area (Å²) in [5, 5.41) is 0. The van der Waals surface area contributed by atoms with Crippen molar-refractivity contribution >= 4 is 11.0 Å². The number of ether oxygens (including phenoxy) is 1. The number of aromatic amines is 1. The van der Waals surface area contributed by atoms with Crippen LogP contribution in [0.25, 0.3) is 22.4 Å². The Kier molecular flexibility index (Phi) is 3.18. The number of H-pyrrole nitrogens is 1. The second kappa shape index (κ2) is 5.00. The highest BCUT2D eigenvalue weighted by Gasteiger charge is 2.11. The Labute approximate surface area is 118 Å². The predicted octanol–water partition coefficient (Wildman–Crippen LogP) is 4.11. The van der Waals surface area contributed by atoms with E-state index in [0.29, 0.717) is 0 Å². The molecule has 3 rings (SSSR count). The van der Waals surface area contributed by atoms with E-state index in [1.165, 1.54) is 11.1 Å². The van der Waals surface area contributed by atoms with Gasteiger partial charge in [0.1, 0.15) is 11.6 Å². The van der Waals surface area contributed by atoms with Crippen LogP contribution < -0.4 is 4.74 Å². The molecule has 2 aromatic carbocycles. The Morgan fingerprint density at radius 2 is 2.00 bits per heavy atom. The van der Waals surface area contributed by atoms with Crippen LogP contribution in [0.15, 0.2) is 36.4 Å². The molecule has 0 aliphatic heterocycles. The van der Waals surface area contributed by atoms with Gasteiger partial charge < -0.3 is 9.72 Å². The summed E-state index contributed by atoms with van der Waals surface area (Å²) in [5.41, 5.74) is 5.56. The quantitative estimate of drug-likeness (QED) is 0.774. The fourth-order valence-electron chi connectivity index (χ4n) is 2.41. The van der Waals surface area contributed by atoms with Crippen molar-refractivity contribution in [1.29, 1.82) is 0 Å². The van der Waals surface area contributed by atoms with Gasteiger partial charge in [-0.05, 0) is 43.2 Å². The molecule has 1 aromatic heterocycles. The summed E-state index contributed by atoms with van der Waals surface area (Å²) in [5.74, 6) is 1.69. The number of hydrogen-bond donors (Lipinski definition) is 1. The van der Waals surface area contributed by atoms with Gasteiger partial charge in [0.15, 0.2) is 0 Å². The Balaban J connectivity index is 2.17. The zero-order valence-corrected chi connectivity index (χ0v) is 12.0. The van der Waals surface area contributed by atoms with Gasteiger partial charge in [0.25, 0.3) is 0 Å². The normalized spacial score (nSPS) is 10.9. The van der Waals surface area contributed by atoms with E-state index in [1.807, 2.05) is 12.1 Å². The molecule has 0 spiro atoms. The van der Waals surface area contributed by atoms with Gasteiger partial charge in [0.05, 0.1) is 23.7 Å². The van der Waals surface area contributed by atoms with Gasteiger partial charge in [0, 0.05) is 0 Å². The van der Waals surface area contributed by atoms with E-state index in [2.05, 4.69) is 48.1 Å². The number of imidazole rings is 1. The summed E-state index contributed by atoms with van der Waals surface area (Å²) >= 11 is 0. The third-order valence-corrected chi connectivity index (χ3v) is 3.56. The Hall–Kier alpha value is -2.29. The lowest BCUT2D eigenvalue weighted by Gasteiger charge is -2.06. The highest BCUT2D eigenvalue weighted by atomic mass is 16.5. The Bertz CT molecular complexity index is 759. The van der Waals surface area contributed by atoms with Gasteiger partial charge in [-0.3, -0.25) is 0 Å². The predicted molar refractivity (Wildman–Crippen MR) is 82.2 cm³/mol. The lowest BCUT2D eigenvalue weighted by atomic mass is 10.1. The zero-order valence-electron chi connectivity index (χ0n) is 12.0. The molecule has 0 atom stereocenters. The van der Waals surface area contributed by atoms with Gasteiger partial charge in [-0.2, -0.15) is 0 Å². The standard InChI is InChI=1S/C17H18N2O/c1-4-12-6-7-14-15(10-12)19-17(18-14)13-9-11(2)5-8-16(13)20-3/h5-10H,4H2,1-3H3,(H,18,19). The van der Waals surface area contributed by atoms with E-state index in [0.717, 1.165) is 34.6 Å².